The zero-order chi connectivity index (χ0) is 16.4. The van der Waals surface area contributed by atoms with Crippen LogP contribution in [-0.2, 0) is 17.8 Å². The topological polar surface area (TPSA) is 92.7 Å². The zero-order valence-electron chi connectivity index (χ0n) is 12.5. The van der Waals surface area contributed by atoms with E-state index in [-0.39, 0.29) is 24.6 Å². The summed E-state index contributed by atoms with van der Waals surface area (Å²) in [6.45, 7) is 2.02. The van der Waals surface area contributed by atoms with Gasteiger partial charge >= 0.3 is 5.63 Å². The standard InChI is InChI=1S/C17H15NO5/c1-10-13-5-4-11(19)7-15(13)23-17(21)14(10)8-16(20)18-9-12-3-2-6-22-12/h2-7,19H,8-9H2,1H3,(H,18,20). The van der Waals surface area contributed by atoms with Gasteiger partial charge in [-0.2, -0.15) is 0 Å². The molecule has 0 radical (unpaired) electrons. The number of carbonyl (C=O) groups excluding carboxylic acids is 1. The Morgan fingerprint density at radius 3 is 2.87 bits per heavy atom. The van der Waals surface area contributed by atoms with Crippen molar-refractivity contribution in [2.45, 2.75) is 19.9 Å². The molecule has 3 rings (SSSR count). The molecule has 23 heavy (non-hydrogen) atoms. The molecule has 0 aliphatic heterocycles. The minimum absolute atomic E-state index is 0.0176. The van der Waals surface area contributed by atoms with E-state index in [1.54, 1.807) is 25.1 Å². The second-order valence-electron chi connectivity index (χ2n) is 5.21. The summed E-state index contributed by atoms with van der Waals surface area (Å²) in [7, 11) is 0. The Morgan fingerprint density at radius 1 is 1.30 bits per heavy atom. The molecule has 118 valence electrons. The molecule has 6 heteroatoms. The maximum atomic E-state index is 12.1. The number of aromatic hydroxyl groups is 1. The van der Waals surface area contributed by atoms with E-state index in [1.165, 1.54) is 18.4 Å². The third-order valence-electron chi connectivity index (χ3n) is 3.65. The number of aryl methyl sites for hydroxylation is 1. The van der Waals surface area contributed by atoms with Crippen LogP contribution >= 0.6 is 0 Å². The summed E-state index contributed by atoms with van der Waals surface area (Å²) in [6, 6.07) is 8.04. The maximum absolute atomic E-state index is 12.1. The lowest BCUT2D eigenvalue weighted by atomic mass is 10.0. The molecule has 0 bridgehead atoms. The van der Waals surface area contributed by atoms with E-state index in [2.05, 4.69) is 5.32 Å². The summed E-state index contributed by atoms with van der Waals surface area (Å²) in [5.74, 6) is 0.356. The molecule has 0 spiro atoms. The predicted octanol–water partition coefficient (Wildman–Crippen LogP) is 2.26. The van der Waals surface area contributed by atoms with Crippen molar-refractivity contribution < 1.29 is 18.7 Å². The Balaban J connectivity index is 1.83. The molecule has 6 nitrogen and oxygen atoms in total. The summed E-state index contributed by atoms with van der Waals surface area (Å²) in [6.07, 6.45) is 1.45. The van der Waals surface area contributed by atoms with Crippen molar-refractivity contribution >= 4 is 16.9 Å². The van der Waals surface area contributed by atoms with Gasteiger partial charge in [-0.25, -0.2) is 4.79 Å². The number of rotatable bonds is 4. The summed E-state index contributed by atoms with van der Waals surface area (Å²) in [5.41, 5.74) is 0.700. The van der Waals surface area contributed by atoms with Crippen molar-refractivity contribution in [2.75, 3.05) is 0 Å². The van der Waals surface area contributed by atoms with Gasteiger partial charge in [0.05, 0.1) is 24.8 Å². The first kappa shape index (κ1) is 14.9. The smallest absolute Gasteiger partial charge is 0.340 e. The average Bonchev–Trinajstić information content (AvgIpc) is 3.02. The fourth-order valence-electron chi connectivity index (χ4n) is 2.41. The van der Waals surface area contributed by atoms with Gasteiger partial charge in [0.25, 0.3) is 0 Å². The maximum Gasteiger partial charge on any atom is 0.340 e. The summed E-state index contributed by atoms with van der Waals surface area (Å²) in [5, 5.41) is 12.8. The summed E-state index contributed by atoms with van der Waals surface area (Å²) in [4.78, 5) is 24.1. The van der Waals surface area contributed by atoms with E-state index in [9.17, 15) is 14.7 Å². The van der Waals surface area contributed by atoms with Crippen LogP contribution < -0.4 is 10.9 Å². The molecule has 0 aliphatic carbocycles. The van der Waals surface area contributed by atoms with Gasteiger partial charge in [-0.05, 0) is 36.8 Å². The number of carbonyl (C=O) groups is 1. The van der Waals surface area contributed by atoms with Gasteiger partial charge in [0, 0.05) is 11.5 Å². The highest BCUT2D eigenvalue weighted by Crippen LogP contribution is 2.23. The Morgan fingerprint density at radius 2 is 2.13 bits per heavy atom. The normalized spacial score (nSPS) is 10.8. The largest absolute Gasteiger partial charge is 0.508 e. The number of nitrogens with one attached hydrogen (secondary N) is 1. The molecule has 0 aliphatic rings. The number of hydrogen-bond acceptors (Lipinski definition) is 5. The summed E-state index contributed by atoms with van der Waals surface area (Å²) >= 11 is 0. The number of furan rings is 1. The van der Waals surface area contributed by atoms with Crippen LogP contribution in [0.2, 0.25) is 0 Å². The lowest BCUT2D eigenvalue weighted by molar-refractivity contribution is -0.120. The predicted molar refractivity (Wildman–Crippen MR) is 83.1 cm³/mol. The van der Waals surface area contributed by atoms with E-state index in [4.69, 9.17) is 8.83 Å². The Labute approximate surface area is 131 Å². The quantitative estimate of drug-likeness (QED) is 0.721. The van der Waals surface area contributed by atoms with Crippen LogP contribution in [0.5, 0.6) is 5.75 Å². The molecule has 3 aromatic rings. The monoisotopic (exact) mass is 313 g/mol. The Kier molecular flexibility index (Phi) is 3.89. The van der Waals surface area contributed by atoms with Crippen LogP contribution in [-0.4, -0.2) is 11.0 Å². The van der Waals surface area contributed by atoms with Crippen LogP contribution in [0.4, 0.5) is 0 Å². The first-order chi connectivity index (χ1) is 11.0. The highest BCUT2D eigenvalue weighted by Gasteiger charge is 2.15. The van der Waals surface area contributed by atoms with Gasteiger partial charge in [-0.1, -0.05) is 0 Å². The molecular weight excluding hydrogens is 298 g/mol. The number of phenolic OH excluding ortho intramolecular Hbond substituents is 1. The molecule has 2 aromatic heterocycles. The number of amides is 1. The molecule has 0 unspecified atom stereocenters. The molecule has 1 amide bonds. The van der Waals surface area contributed by atoms with E-state index in [0.717, 1.165) is 0 Å². The van der Waals surface area contributed by atoms with Crippen LogP contribution in [0.3, 0.4) is 0 Å². The Bertz CT molecular complexity index is 909. The second-order valence-corrected chi connectivity index (χ2v) is 5.21. The molecule has 0 saturated heterocycles. The molecule has 0 saturated carbocycles. The van der Waals surface area contributed by atoms with Crippen LogP contribution in [0.25, 0.3) is 11.0 Å². The highest BCUT2D eigenvalue weighted by molar-refractivity contribution is 5.85. The van der Waals surface area contributed by atoms with Crippen molar-refractivity contribution in [2.24, 2.45) is 0 Å². The summed E-state index contributed by atoms with van der Waals surface area (Å²) < 4.78 is 10.3. The molecule has 0 fully saturated rings. The minimum atomic E-state index is -0.575. The highest BCUT2D eigenvalue weighted by atomic mass is 16.4. The fourth-order valence-corrected chi connectivity index (χ4v) is 2.41. The molecule has 1 aromatic carbocycles. The second kappa shape index (κ2) is 6.00. The minimum Gasteiger partial charge on any atom is -0.508 e. The van der Waals surface area contributed by atoms with Gasteiger partial charge in [0.1, 0.15) is 17.1 Å². The van der Waals surface area contributed by atoms with E-state index in [0.29, 0.717) is 27.9 Å². The molecule has 2 N–H and O–H groups in total. The fraction of sp³-hybridized carbons (Fsp3) is 0.176. The molecular formula is C17H15NO5. The molecule has 2 heterocycles. The first-order valence-electron chi connectivity index (χ1n) is 7.09. The van der Waals surface area contributed by atoms with Gasteiger partial charge < -0.3 is 19.3 Å². The number of hydrogen-bond donors (Lipinski definition) is 2. The average molecular weight is 313 g/mol. The van der Waals surface area contributed by atoms with E-state index in [1.807, 2.05) is 0 Å². The Hall–Kier alpha value is -3.02. The van der Waals surface area contributed by atoms with E-state index >= 15 is 0 Å². The van der Waals surface area contributed by atoms with Crippen molar-refractivity contribution in [3.8, 4) is 5.75 Å². The van der Waals surface area contributed by atoms with Crippen molar-refractivity contribution in [3.63, 3.8) is 0 Å². The lowest BCUT2D eigenvalue weighted by Crippen LogP contribution is -2.27. The van der Waals surface area contributed by atoms with Gasteiger partial charge in [0.15, 0.2) is 0 Å². The van der Waals surface area contributed by atoms with Gasteiger partial charge in [-0.15, -0.1) is 0 Å². The van der Waals surface area contributed by atoms with Crippen LogP contribution in [0.15, 0.2) is 50.2 Å². The van der Waals surface area contributed by atoms with Crippen molar-refractivity contribution in [1.82, 2.24) is 5.32 Å². The SMILES string of the molecule is Cc1c(CC(=O)NCc2ccco2)c(=O)oc2cc(O)ccc12. The van der Waals surface area contributed by atoms with Crippen molar-refractivity contribution in [3.05, 3.63) is 63.9 Å². The number of fused-ring (bicyclic) bond motifs is 1. The number of benzene rings is 1. The van der Waals surface area contributed by atoms with Crippen LogP contribution in [0, 0.1) is 6.92 Å². The third kappa shape index (κ3) is 3.11. The number of phenols is 1. The van der Waals surface area contributed by atoms with Gasteiger partial charge in [0.2, 0.25) is 5.91 Å². The van der Waals surface area contributed by atoms with Gasteiger partial charge in [-0.3, -0.25) is 4.79 Å². The third-order valence-corrected chi connectivity index (χ3v) is 3.65. The van der Waals surface area contributed by atoms with Crippen molar-refractivity contribution in [1.29, 1.82) is 0 Å². The zero-order valence-corrected chi connectivity index (χ0v) is 12.5. The lowest BCUT2D eigenvalue weighted by Gasteiger charge is -2.08. The van der Waals surface area contributed by atoms with E-state index < -0.39 is 5.63 Å². The first-order valence-corrected chi connectivity index (χ1v) is 7.09. The van der Waals surface area contributed by atoms with Crippen LogP contribution in [0.1, 0.15) is 16.9 Å². The molecule has 0 atom stereocenters.